The predicted octanol–water partition coefficient (Wildman–Crippen LogP) is 2.65. The van der Waals surface area contributed by atoms with Crippen molar-refractivity contribution in [2.75, 3.05) is 18.4 Å². The third-order valence-electron chi connectivity index (χ3n) is 3.64. The van der Waals surface area contributed by atoms with Crippen LogP contribution in [0.2, 0.25) is 5.15 Å². The maximum absolute atomic E-state index is 12.1. The monoisotopic (exact) mass is 354 g/mol. The van der Waals surface area contributed by atoms with Crippen molar-refractivity contribution in [2.45, 2.75) is 45.3 Å². The third kappa shape index (κ3) is 4.99. The number of hydrogen-bond acceptors (Lipinski definition) is 5. The van der Waals surface area contributed by atoms with Crippen LogP contribution < -0.4 is 11.1 Å². The summed E-state index contributed by atoms with van der Waals surface area (Å²) in [5, 5.41) is 3.56. The standard InChI is InChI=1S/C16H23ClN4O3/c1-16(2,3)24-15(23)21-6-4-10(5-7-21)20-12-8-13(17)19-9-11(12)14(18)22/h8-10H,4-7H2,1-3H3,(H2,18,22)(H,19,20). The molecule has 0 aromatic carbocycles. The van der Waals surface area contributed by atoms with Gasteiger partial charge in [-0.15, -0.1) is 0 Å². The van der Waals surface area contributed by atoms with Crippen LogP contribution >= 0.6 is 11.6 Å². The molecular weight excluding hydrogens is 332 g/mol. The van der Waals surface area contributed by atoms with Gasteiger partial charge in [0.25, 0.3) is 5.91 Å². The zero-order chi connectivity index (χ0) is 17.9. The topological polar surface area (TPSA) is 97.6 Å². The van der Waals surface area contributed by atoms with E-state index in [0.717, 1.165) is 12.8 Å². The van der Waals surface area contributed by atoms with Crippen LogP contribution in [0, 0.1) is 0 Å². The predicted molar refractivity (Wildman–Crippen MR) is 92.2 cm³/mol. The number of likely N-dealkylation sites (tertiary alicyclic amines) is 1. The summed E-state index contributed by atoms with van der Waals surface area (Å²) in [6.07, 6.45) is 2.53. The number of primary amides is 1. The van der Waals surface area contributed by atoms with Gasteiger partial charge in [0.1, 0.15) is 10.8 Å². The van der Waals surface area contributed by atoms with Gasteiger partial charge in [0.05, 0.1) is 11.3 Å². The lowest BCUT2D eigenvalue weighted by molar-refractivity contribution is 0.0210. The molecule has 0 bridgehead atoms. The van der Waals surface area contributed by atoms with Crippen molar-refractivity contribution < 1.29 is 14.3 Å². The summed E-state index contributed by atoms with van der Waals surface area (Å²) >= 11 is 5.89. The summed E-state index contributed by atoms with van der Waals surface area (Å²) < 4.78 is 5.38. The second kappa shape index (κ2) is 7.25. The molecule has 0 unspecified atom stereocenters. The fourth-order valence-corrected chi connectivity index (χ4v) is 2.66. The number of hydrogen-bond donors (Lipinski definition) is 2. The number of halogens is 1. The maximum Gasteiger partial charge on any atom is 0.410 e. The summed E-state index contributed by atoms with van der Waals surface area (Å²) in [4.78, 5) is 29.1. The minimum atomic E-state index is -0.562. The first-order valence-corrected chi connectivity index (χ1v) is 8.23. The second-order valence-corrected chi connectivity index (χ2v) is 7.19. The Morgan fingerprint density at radius 2 is 2.00 bits per heavy atom. The Labute approximate surface area is 146 Å². The molecule has 0 radical (unpaired) electrons. The fourth-order valence-electron chi connectivity index (χ4n) is 2.50. The van der Waals surface area contributed by atoms with Crippen molar-refractivity contribution in [1.29, 1.82) is 0 Å². The van der Waals surface area contributed by atoms with E-state index in [9.17, 15) is 9.59 Å². The first-order valence-electron chi connectivity index (χ1n) is 7.85. The van der Waals surface area contributed by atoms with Crippen LogP contribution in [0.1, 0.15) is 44.0 Å². The molecule has 1 fully saturated rings. The minimum Gasteiger partial charge on any atom is -0.444 e. The first-order chi connectivity index (χ1) is 11.2. The van der Waals surface area contributed by atoms with Gasteiger partial charge in [-0.2, -0.15) is 0 Å². The van der Waals surface area contributed by atoms with E-state index < -0.39 is 11.5 Å². The number of nitrogens with zero attached hydrogens (tertiary/aromatic N) is 2. The van der Waals surface area contributed by atoms with Crippen molar-refractivity contribution >= 4 is 29.3 Å². The quantitative estimate of drug-likeness (QED) is 0.813. The first kappa shape index (κ1) is 18.3. The van der Waals surface area contributed by atoms with Gasteiger partial charge >= 0.3 is 6.09 Å². The fraction of sp³-hybridized carbons (Fsp3) is 0.562. The largest absolute Gasteiger partial charge is 0.444 e. The average Bonchev–Trinajstić information content (AvgIpc) is 2.46. The zero-order valence-corrected chi connectivity index (χ0v) is 14.9. The molecule has 7 nitrogen and oxygen atoms in total. The number of amides is 2. The highest BCUT2D eigenvalue weighted by Gasteiger charge is 2.27. The Bertz CT molecular complexity index is 622. The van der Waals surface area contributed by atoms with E-state index in [4.69, 9.17) is 22.1 Å². The summed E-state index contributed by atoms with van der Waals surface area (Å²) in [5.74, 6) is -0.562. The van der Waals surface area contributed by atoms with Gasteiger partial charge < -0.3 is 20.7 Å². The number of aromatic nitrogens is 1. The molecule has 0 spiro atoms. The number of carbonyl (C=O) groups excluding carboxylic acids is 2. The molecule has 0 saturated carbocycles. The molecule has 1 saturated heterocycles. The summed E-state index contributed by atoms with van der Waals surface area (Å²) in [7, 11) is 0. The normalized spacial score (nSPS) is 15.9. The SMILES string of the molecule is CC(C)(C)OC(=O)N1CCC(Nc2cc(Cl)ncc2C(N)=O)CC1. The van der Waals surface area contributed by atoms with E-state index in [1.165, 1.54) is 6.20 Å². The number of rotatable bonds is 3. The molecule has 24 heavy (non-hydrogen) atoms. The molecule has 1 aromatic heterocycles. The Hall–Kier alpha value is -2.02. The summed E-state index contributed by atoms with van der Waals surface area (Å²) in [6.45, 7) is 6.70. The Morgan fingerprint density at radius 3 is 2.54 bits per heavy atom. The van der Waals surface area contributed by atoms with Crippen molar-refractivity contribution in [1.82, 2.24) is 9.88 Å². The van der Waals surface area contributed by atoms with Gasteiger partial charge in [0.15, 0.2) is 0 Å². The third-order valence-corrected chi connectivity index (χ3v) is 3.85. The molecule has 0 atom stereocenters. The van der Waals surface area contributed by atoms with E-state index in [1.54, 1.807) is 11.0 Å². The van der Waals surface area contributed by atoms with Crippen LogP contribution in [-0.4, -0.2) is 46.6 Å². The van der Waals surface area contributed by atoms with Crippen LogP contribution in [0.4, 0.5) is 10.5 Å². The molecule has 1 aliphatic heterocycles. The highest BCUT2D eigenvalue weighted by Crippen LogP contribution is 2.23. The van der Waals surface area contributed by atoms with E-state index in [0.29, 0.717) is 24.3 Å². The van der Waals surface area contributed by atoms with Crippen LogP contribution in [0.5, 0.6) is 0 Å². The van der Waals surface area contributed by atoms with Crippen molar-refractivity contribution in [3.63, 3.8) is 0 Å². The van der Waals surface area contributed by atoms with E-state index in [2.05, 4.69) is 10.3 Å². The highest BCUT2D eigenvalue weighted by atomic mass is 35.5. The highest BCUT2D eigenvalue weighted by molar-refractivity contribution is 6.29. The Morgan fingerprint density at radius 1 is 1.38 bits per heavy atom. The van der Waals surface area contributed by atoms with E-state index in [-0.39, 0.29) is 17.3 Å². The number of nitrogens with one attached hydrogen (secondary N) is 1. The number of carbonyl (C=O) groups is 2. The van der Waals surface area contributed by atoms with Crippen LogP contribution in [0.3, 0.4) is 0 Å². The summed E-state index contributed by atoms with van der Waals surface area (Å²) in [5.41, 5.74) is 5.72. The van der Waals surface area contributed by atoms with Crippen molar-refractivity contribution in [2.24, 2.45) is 5.73 Å². The van der Waals surface area contributed by atoms with E-state index in [1.807, 2.05) is 20.8 Å². The summed E-state index contributed by atoms with van der Waals surface area (Å²) in [6, 6.07) is 1.70. The van der Waals surface area contributed by atoms with Crippen molar-refractivity contribution in [3.8, 4) is 0 Å². The van der Waals surface area contributed by atoms with Gasteiger partial charge in [-0.25, -0.2) is 9.78 Å². The number of piperidine rings is 1. The molecule has 0 aliphatic carbocycles. The van der Waals surface area contributed by atoms with Crippen LogP contribution in [0.15, 0.2) is 12.3 Å². The van der Waals surface area contributed by atoms with Gasteiger partial charge in [0, 0.05) is 25.3 Å². The van der Waals surface area contributed by atoms with Gasteiger partial charge in [-0.3, -0.25) is 4.79 Å². The average molecular weight is 355 g/mol. The van der Waals surface area contributed by atoms with E-state index >= 15 is 0 Å². The van der Waals surface area contributed by atoms with Crippen LogP contribution in [-0.2, 0) is 4.74 Å². The molecule has 8 heteroatoms. The molecule has 2 amide bonds. The second-order valence-electron chi connectivity index (χ2n) is 6.80. The smallest absolute Gasteiger partial charge is 0.410 e. The zero-order valence-electron chi connectivity index (χ0n) is 14.1. The van der Waals surface area contributed by atoms with Gasteiger partial charge in [-0.05, 0) is 39.7 Å². The Balaban J connectivity index is 1.95. The molecule has 2 rings (SSSR count). The molecule has 3 N–H and O–H groups in total. The Kier molecular flexibility index (Phi) is 5.54. The van der Waals surface area contributed by atoms with Crippen molar-refractivity contribution in [3.05, 3.63) is 23.0 Å². The lowest BCUT2D eigenvalue weighted by Gasteiger charge is -2.34. The van der Waals surface area contributed by atoms with Gasteiger partial charge in [0.2, 0.25) is 0 Å². The van der Waals surface area contributed by atoms with Gasteiger partial charge in [-0.1, -0.05) is 11.6 Å². The molecule has 1 aliphatic rings. The van der Waals surface area contributed by atoms with Crippen LogP contribution in [0.25, 0.3) is 0 Å². The number of anilines is 1. The molecule has 1 aromatic rings. The minimum absolute atomic E-state index is 0.111. The lowest BCUT2D eigenvalue weighted by atomic mass is 10.0. The molecular formula is C16H23ClN4O3. The lowest BCUT2D eigenvalue weighted by Crippen LogP contribution is -2.44. The maximum atomic E-state index is 12.1. The number of nitrogens with two attached hydrogens (primary N) is 1. The number of ether oxygens (including phenoxy) is 1. The molecule has 2 heterocycles. The number of pyridine rings is 1. The molecule has 132 valence electrons.